The van der Waals surface area contributed by atoms with E-state index in [-0.39, 0.29) is 17.0 Å². The summed E-state index contributed by atoms with van der Waals surface area (Å²) in [6, 6.07) is 18.7. The molecule has 144 valence electrons. The van der Waals surface area contributed by atoms with E-state index in [9.17, 15) is 4.79 Å². The molecule has 1 aliphatic rings. The Labute approximate surface area is 163 Å². The second-order valence-corrected chi connectivity index (χ2v) is 8.57. The fourth-order valence-corrected chi connectivity index (χ4v) is 3.67. The highest BCUT2D eigenvalue weighted by Gasteiger charge is 2.24. The molecule has 1 heterocycles. The fraction of sp³-hybridized carbons (Fsp3) is 0.417. The van der Waals surface area contributed by atoms with E-state index in [2.05, 4.69) is 67.5 Å². The Balaban J connectivity index is 0.000000194. The van der Waals surface area contributed by atoms with Crippen LogP contribution in [0.4, 0.5) is 0 Å². The van der Waals surface area contributed by atoms with Crippen LogP contribution in [0.5, 0.6) is 0 Å². The van der Waals surface area contributed by atoms with Gasteiger partial charge in [0, 0.05) is 18.2 Å². The van der Waals surface area contributed by atoms with Crippen LogP contribution in [0.3, 0.4) is 0 Å². The average Bonchev–Trinajstić information content (AvgIpc) is 2.53. The maximum atomic E-state index is 10.9. The van der Waals surface area contributed by atoms with Crippen LogP contribution in [0.1, 0.15) is 58.2 Å². The van der Waals surface area contributed by atoms with Gasteiger partial charge in [0.1, 0.15) is 0 Å². The van der Waals surface area contributed by atoms with Gasteiger partial charge in [0.25, 0.3) is 0 Å². The molecule has 3 rings (SSSR count). The molecule has 0 aromatic heterocycles. The molecule has 3 nitrogen and oxygen atoms in total. The molecule has 2 aromatic rings. The number of rotatable bonds is 3. The van der Waals surface area contributed by atoms with Crippen molar-refractivity contribution in [2.75, 3.05) is 0 Å². The summed E-state index contributed by atoms with van der Waals surface area (Å²) in [7, 11) is 0. The Bertz CT molecular complexity index is 804. The average molecular weight is 365 g/mol. The second-order valence-electron chi connectivity index (χ2n) is 8.57. The summed E-state index contributed by atoms with van der Waals surface area (Å²) in [5, 5.41) is 2.93. The van der Waals surface area contributed by atoms with Gasteiger partial charge in [-0.05, 0) is 64.2 Å². The number of aliphatic imine (C=N–C) groups is 1. The van der Waals surface area contributed by atoms with E-state index in [1.807, 2.05) is 32.0 Å². The summed E-state index contributed by atoms with van der Waals surface area (Å²) < 4.78 is 0. The zero-order valence-corrected chi connectivity index (χ0v) is 17.5. The number of nitrogens with one attached hydrogen (secondary N) is 1. The molecule has 0 bridgehead atoms. The summed E-state index contributed by atoms with van der Waals surface area (Å²) in [5.41, 5.74) is 5.07. The summed E-state index contributed by atoms with van der Waals surface area (Å²) in [6.45, 7) is 12.1. The van der Waals surface area contributed by atoms with E-state index in [1.54, 1.807) is 6.92 Å². The summed E-state index contributed by atoms with van der Waals surface area (Å²) in [4.78, 5) is 15.6. The highest BCUT2D eigenvalue weighted by Crippen LogP contribution is 2.26. The van der Waals surface area contributed by atoms with E-state index < -0.39 is 0 Å². The molecular weight excluding hydrogens is 332 g/mol. The Morgan fingerprint density at radius 3 is 2.30 bits per heavy atom. The first-order valence-electron chi connectivity index (χ1n) is 9.55. The highest BCUT2D eigenvalue weighted by molar-refractivity contribution is 6.01. The zero-order chi connectivity index (χ0) is 20.1. The predicted octanol–water partition coefficient (Wildman–Crippen LogP) is 4.97. The van der Waals surface area contributed by atoms with Crippen molar-refractivity contribution in [1.29, 1.82) is 0 Å². The topological polar surface area (TPSA) is 41.5 Å². The molecule has 0 spiro atoms. The third kappa shape index (κ3) is 6.67. The van der Waals surface area contributed by atoms with E-state index in [4.69, 9.17) is 0 Å². The summed E-state index contributed by atoms with van der Waals surface area (Å²) in [5.74, 6) is 0.0194. The van der Waals surface area contributed by atoms with Crippen molar-refractivity contribution >= 4 is 11.6 Å². The van der Waals surface area contributed by atoms with Gasteiger partial charge in [0.2, 0.25) is 5.91 Å². The monoisotopic (exact) mass is 364 g/mol. The lowest BCUT2D eigenvalue weighted by Gasteiger charge is -2.27. The number of nitrogens with zero attached hydrogens (tertiary/aromatic N) is 1. The third-order valence-corrected chi connectivity index (χ3v) is 4.50. The van der Waals surface area contributed by atoms with Gasteiger partial charge in [-0.2, -0.15) is 0 Å². The first-order chi connectivity index (χ1) is 12.6. The molecule has 1 N–H and O–H groups in total. The maximum absolute atomic E-state index is 10.9. The molecule has 0 radical (unpaired) electrons. The molecule has 2 aromatic carbocycles. The molecule has 0 saturated heterocycles. The van der Waals surface area contributed by atoms with Crippen LogP contribution >= 0.6 is 0 Å². The molecule has 0 saturated carbocycles. The lowest BCUT2D eigenvalue weighted by molar-refractivity contribution is -0.120. The van der Waals surface area contributed by atoms with Gasteiger partial charge in [0.05, 0.1) is 5.54 Å². The number of carbonyl (C=O) groups excluding carboxylic acids is 1. The molecule has 0 unspecified atom stereocenters. The number of hydrogen-bond donors (Lipinski definition) is 1. The normalized spacial score (nSPS) is 15.0. The molecule has 0 aliphatic carbocycles. The molecule has 1 amide bonds. The van der Waals surface area contributed by atoms with Crippen LogP contribution in [-0.4, -0.2) is 22.7 Å². The lowest BCUT2D eigenvalue weighted by Crippen LogP contribution is -2.43. The van der Waals surface area contributed by atoms with Gasteiger partial charge in [0.15, 0.2) is 0 Å². The largest absolute Gasteiger partial charge is 0.351 e. The van der Waals surface area contributed by atoms with Gasteiger partial charge >= 0.3 is 0 Å². The minimum absolute atomic E-state index is 0.0194. The van der Waals surface area contributed by atoms with E-state index in [0.717, 1.165) is 12.8 Å². The molecule has 3 heteroatoms. The zero-order valence-electron chi connectivity index (χ0n) is 17.5. The van der Waals surface area contributed by atoms with Crippen molar-refractivity contribution in [3.05, 3.63) is 71.3 Å². The van der Waals surface area contributed by atoms with E-state index in [0.29, 0.717) is 0 Å². The molecule has 0 atom stereocenters. The fourth-order valence-electron chi connectivity index (χ4n) is 3.67. The SMILES string of the molecule is CC(=O)NC(C)(C)Cc1ccccc1.CC1=NC(C)(C)Cc2ccccc21. The standard InChI is InChI=1S/C12H17NO.C12H15N/c1-10(14)13-12(2,3)9-11-7-5-4-6-8-11;1-9-11-7-5-4-6-10(11)8-12(2,3)13-9/h4-8H,9H2,1-3H3,(H,13,14);4-7H,8H2,1-3H3. The van der Waals surface area contributed by atoms with Gasteiger partial charge < -0.3 is 5.32 Å². The molecular formula is C24H32N2O. The minimum atomic E-state index is -0.173. The van der Waals surface area contributed by atoms with Crippen LogP contribution in [0.25, 0.3) is 0 Å². The molecule has 27 heavy (non-hydrogen) atoms. The summed E-state index contributed by atoms with van der Waals surface area (Å²) >= 11 is 0. The second kappa shape index (κ2) is 8.51. The number of amides is 1. The number of carbonyl (C=O) groups is 1. The maximum Gasteiger partial charge on any atom is 0.217 e. The Kier molecular flexibility index (Phi) is 6.59. The Morgan fingerprint density at radius 2 is 1.67 bits per heavy atom. The van der Waals surface area contributed by atoms with Crippen LogP contribution < -0.4 is 5.32 Å². The van der Waals surface area contributed by atoms with Crippen molar-refractivity contribution in [2.45, 2.75) is 65.5 Å². The van der Waals surface area contributed by atoms with Gasteiger partial charge in [-0.1, -0.05) is 54.6 Å². The van der Waals surface area contributed by atoms with E-state index in [1.165, 1.54) is 22.4 Å². The first-order valence-corrected chi connectivity index (χ1v) is 9.55. The van der Waals surface area contributed by atoms with Crippen molar-refractivity contribution in [3.63, 3.8) is 0 Å². The van der Waals surface area contributed by atoms with Crippen molar-refractivity contribution in [2.24, 2.45) is 4.99 Å². The van der Waals surface area contributed by atoms with Gasteiger partial charge in [-0.25, -0.2) is 0 Å². The third-order valence-electron chi connectivity index (χ3n) is 4.50. The van der Waals surface area contributed by atoms with Crippen LogP contribution in [0, 0.1) is 0 Å². The number of hydrogen-bond acceptors (Lipinski definition) is 2. The quantitative estimate of drug-likeness (QED) is 0.820. The molecule has 0 fully saturated rings. The number of fused-ring (bicyclic) bond motifs is 1. The minimum Gasteiger partial charge on any atom is -0.351 e. The predicted molar refractivity (Wildman–Crippen MR) is 114 cm³/mol. The highest BCUT2D eigenvalue weighted by atomic mass is 16.1. The van der Waals surface area contributed by atoms with Crippen molar-refractivity contribution in [1.82, 2.24) is 5.32 Å². The Hall–Kier alpha value is -2.42. The van der Waals surface area contributed by atoms with Crippen LogP contribution in [0.2, 0.25) is 0 Å². The lowest BCUT2D eigenvalue weighted by atomic mass is 9.87. The van der Waals surface area contributed by atoms with Crippen LogP contribution in [0.15, 0.2) is 59.6 Å². The summed E-state index contributed by atoms with van der Waals surface area (Å²) in [6.07, 6.45) is 1.91. The Morgan fingerprint density at radius 1 is 1.07 bits per heavy atom. The van der Waals surface area contributed by atoms with Gasteiger partial charge in [-0.3, -0.25) is 9.79 Å². The molecule has 1 aliphatic heterocycles. The van der Waals surface area contributed by atoms with Gasteiger partial charge in [-0.15, -0.1) is 0 Å². The number of benzene rings is 2. The van der Waals surface area contributed by atoms with Crippen molar-refractivity contribution < 1.29 is 4.79 Å². The van der Waals surface area contributed by atoms with Crippen LogP contribution in [-0.2, 0) is 17.6 Å². The van der Waals surface area contributed by atoms with E-state index >= 15 is 0 Å². The van der Waals surface area contributed by atoms with Crippen molar-refractivity contribution in [3.8, 4) is 0 Å². The smallest absolute Gasteiger partial charge is 0.217 e. The first kappa shape index (κ1) is 20.9.